The number of nitrogens with one attached hydrogen (secondary N) is 2. The lowest BCUT2D eigenvalue weighted by Gasteiger charge is -2.14. The topological polar surface area (TPSA) is 97.1 Å². The zero-order valence-electron chi connectivity index (χ0n) is 14.1. The van der Waals surface area contributed by atoms with Gasteiger partial charge in [-0.2, -0.15) is 4.98 Å². The standard InChI is InChI=1S/C16H26N4O3/c1-16(2,3)15-19-13(23-20-15)9-6-8-12(21)18-11-7-4-5-10-17-14(11)22/h11H,4-10H2,1-3H3,(H,17,22)(H,18,21). The molecule has 1 aromatic heterocycles. The van der Waals surface area contributed by atoms with Crippen molar-refractivity contribution in [1.29, 1.82) is 0 Å². The van der Waals surface area contributed by atoms with E-state index in [2.05, 4.69) is 20.8 Å². The number of aromatic nitrogens is 2. The third kappa shape index (κ3) is 5.33. The Balaban J connectivity index is 1.74. The summed E-state index contributed by atoms with van der Waals surface area (Å²) in [6.45, 7) is 6.76. The molecule has 0 spiro atoms. The summed E-state index contributed by atoms with van der Waals surface area (Å²) in [5.41, 5.74) is -0.147. The van der Waals surface area contributed by atoms with Crippen LogP contribution in [0.4, 0.5) is 0 Å². The fraction of sp³-hybridized carbons (Fsp3) is 0.750. The van der Waals surface area contributed by atoms with Crippen molar-refractivity contribution < 1.29 is 14.1 Å². The van der Waals surface area contributed by atoms with Gasteiger partial charge in [-0.05, 0) is 25.7 Å². The van der Waals surface area contributed by atoms with Crippen LogP contribution in [0.25, 0.3) is 0 Å². The van der Waals surface area contributed by atoms with Crippen molar-refractivity contribution in [3.05, 3.63) is 11.7 Å². The number of rotatable bonds is 5. The van der Waals surface area contributed by atoms with Crippen LogP contribution < -0.4 is 10.6 Å². The summed E-state index contributed by atoms with van der Waals surface area (Å²) in [6, 6.07) is -0.402. The average molecular weight is 322 g/mol. The molecule has 23 heavy (non-hydrogen) atoms. The number of nitrogens with zero attached hydrogens (tertiary/aromatic N) is 2. The molecule has 0 saturated carbocycles. The van der Waals surface area contributed by atoms with Crippen molar-refractivity contribution in [1.82, 2.24) is 20.8 Å². The van der Waals surface area contributed by atoms with Crippen molar-refractivity contribution in [3.8, 4) is 0 Å². The van der Waals surface area contributed by atoms with Gasteiger partial charge < -0.3 is 15.2 Å². The highest BCUT2D eigenvalue weighted by Gasteiger charge is 2.23. The van der Waals surface area contributed by atoms with E-state index in [1.807, 2.05) is 20.8 Å². The van der Waals surface area contributed by atoms with Gasteiger partial charge in [-0.25, -0.2) is 0 Å². The molecular formula is C16H26N4O3. The fourth-order valence-electron chi connectivity index (χ4n) is 2.40. The van der Waals surface area contributed by atoms with Gasteiger partial charge in [0, 0.05) is 24.8 Å². The van der Waals surface area contributed by atoms with E-state index in [4.69, 9.17) is 4.52 Å². The Labute approximate surface area is 136 Å². The van der Waals surface area contributed by atoms with Crippen LogP contribution in [0, 0.1) is 0 Å². The Morgan fingerprint density at radius 1 is 1.39 bits per heavy atom. The summed E-state index contributed by atoms with van der Waals surface area (Å²) in [4.78, 5) is 28.1. The lowest BCUT2D eigenvalue weighted by Crippen LogP contribution is -2.45. The van der Waals surface area contributed by atoms with Gasteiger partial charge in [-0.15, -0.1) is 0 Å². The quantitative estimate of drug-likeness (QED) is 0.855. The zero-order valence-corrected chi connectivity index (χ0v) is 14.1. The Morgan fingerprint density at radius 3 is 2.87 bits per heavy atom. The van der Waals surface area contributed by atoms with Gasteiger partial charge in [0.05, 0.1) is 0 Å². The second-order valence-corrected chi connectivity index (χ2v) is 7.02. The molecule has 2 heterocycles. The van der Waals surface area contributed by atoms with Crippen molar-refractivity contribution in [2.75, 3.05) is 6.54 Å². The van der Waals surface area contributed by atoms with Gasteiger partial charge in [0.25, 0.3) is 0 Å². The predicted octanol–water partition coefficient (Wildman–Crippen LogP) is 1.47. The van der Waals surface area contributed by atoms with Crippen LogP contribution in [-0.4, -0.2) is 34.5 Å². The van der Waals surface area contributed by atoms with Crippen LogP contribution >= 0.6 is 0 Å². The predicted molar refractivity (Wildman–Crippen MR) is 84.7 cm³/mol. The van der Waals surface area contributed by atoms with Crippen LogP contribution in [0.5, 0.6) is 0 Å². The molecule has 2 N–H and O–H groups in total. The molecular weight excluding hydrogens is 296 g/mol. The Morgan fingerprint density at radius 2 is 2.17 bits per heavy atom. The first kappa shape index (κ1) is 17.4. The molecule has 1 saturated heterocycles. The Hall–Kier alpha value is -1.92. The van der Waals surface area contributed by atoms with Gasteiger partial charge in [-0.3, -0.25) is 9.59 Å². The number of hydrogen-bond donors (Lipinski definition) is 2. The van der Waals surface area contributed by atoms with Crippen molar-refractivity contribution in [3.63, 3.8) is 0 Å². The van der Waals surface area contributed by atoms with Gasteiger partial charge in [-0.1, -0.05) is 25.9 Å². The summed E-state index contributed by atoms with van der Waals surface area (Å²) < 4.78 is 5.20. The highest BCUT2D eigenvalue weighted by Crippen LogP contribution is 2.18. The third-order valence-corrected chi connectivity index (χ3v) is 3.80. The SMILES string of the molecule is CC(C)(C)c1noc(CCCC(=O)NC2CCCCNC2=O)n1. The maximum atomic E-state index is 12.0. The van der Waals surface area contributed by atoms with Crippen LogP contribution in [0.3, 0.4) is 0 Å². The minimum Gasteiger partial charge on any atom is -0.354 e. The van der Waals surface area contributed by atoms with Crippen molar-refractivity contribution in [2.45, 2.75) is 70.8 Å². The molecule has 1 aliphatic rings. The van der Waals surface area contributed by atoms with Crippen LogP contribution in [0.2, 0.25) is 0 Å². The van der Waals surface area contributed by atoms with E-state index >= 15 is 0 Å². The van der Waals surface area contributed by atoms with E-state index in [1.54, 1.807) is 0 Å². The molecule has 1 atom stereocenters. The third-order valence-electron chi connectivity index (χ3n) is 3.80. The molecule has 128 valence electrons. The van der Waals surface area contributed by atoms with Gasteiger partial charge >= 0.3 is 0 Å². The lowest BCUT2D eigenvalue weighted by atomic mass is 9.96. The number of carbonyl (C=O) groups excluding carboxylic acids is 2. The molecule has 1 aliphatic heterocycles. The summed E-state index contributed by atoms with van der Waals surface area (Å²) in [5.74, 6) is 1.03. The summed E-state index contributed by atoms with van der Waals surface area (Å²) in [6.07, 6.45) is 4.14. The largest absolute Gasteiger partial charge is 0.354 e. The minimum atomic E-state index is -0.402. The number of aryl methyl sites for hydroxylation is 1. The van der Waals surface area contributed by atoms with Crippen LogP contribution in [-0.2, 0) is 21.4 Å². The molecule has 2 amide bonds. The van der Waals surface area contributed by atoms with E-state index in [9.17, 15) is 9.59 Å². The molecule has 1 unspecified atom stereocenters. The van der Waals surface area contributed by atoms with Gasteiger partial charge in [0.2, 0.25) is 17.7 Å². The molecule has 0 aromatic carbocycles. The van der Waals surface area contributed by atoms with Crippen molar-refractivity contribution in [2.24, 2.45) is 0 Å². The maximum Gasteiger partial charge on any atom is 0.242 e. The van der Waals surface area contributed by atoms with Crippen molar-refractivity contribution >= 4 is 11.8 Å². The second kappa shape index (κ2) is 7.57. The molecule has 1 aromatic rings. The molecule has 0 bridgehead atoms. The average Bonchev–Trinajstić information content (AvgIpc) is 2.86. The zero-order chi connectivity index (χ0) is 16.9. The van der Waals surface area contributed by atoms with E-state index in [1.165, 1.54) is 0 Å². The summed E-state index contributed by atoms with van der Waals surface area (Å²) >= 11 is 0. The highest BCUT2D eigenvalue weighted by atomic mass is 16.5. The first-order valence-electron chi connectivity index (χ1n) is 8.26. The summed E-state index contributed by atoms with van der Waals surface area (Å²) in [7, 11) is 0. The Bertz CT molecular complexity index is 548. The number of hydrogen-bond acceptors (Lipinski definition) is 5. The smallest absolute Gasteiger partial charge is 0.242 e. The second-order valence-electron chi connectivity index (χ2n) is 7.02. The van der Waals surface area contributed by atoms with E-state index in [0.717, 1.165) is 12.8 Å². The monoisotopic (exact) mass is 322 g/mol. The molecule has 1 fully saturated rings. The molecule has 0 radical (unpaired) electrons. The summed E-state index contributed by atoms with van der Waals surface area (Å²) in [5, 5.41) is 9.58. The highest BCUT2D eigenvalue weighted by molar-refractivity contribution is 5.87. The Kier molecular flexibility index (Phi) is 5.74. The van der Waals surface area contributed by atoms with E-state index < -0.39 is 6.04 Å². The van der Waals surface area contributed by atoms with E-state index in [-0.39, 0.29) is 17.2 Å². The fourth-order valence-corrected chi connectivity index (χ4v) is 2.40. The van der Waals surface area contributed by atoms with Gasteiger partial charge in [0.15, 0.2) is 5.82 Å². The molecule has 0 aliphatic carbocycles. The van der Waals surface area contributed by atoms with E-state index in [0.29, 0.717) is 43.9 Å². The number of carbonyl (C=O) groups is 2. The van der Waals surface area contributed by atoms with Gasteiger partial charge in [0.1, 0.15) is 6.04 Å². The number of amides is 2. The molecule has 7 heteroatoms. The lowest BCUT2D eigenvalue weighted by molar-refractivity contribution is -0.128. The first-order valence-corrected chi connectivity index (χ1v) is 8.26. The van der Waals surface area contributed by atoms with Crippen LogP contribution in [0.15, 0.2) is 4.52 Å². The maximum absolute atomic E-state index is 12.0. The molecule has 2 rings (SSSR count). The van der Waals surface area contributed by atoms with Crippen LogP contribution in [0.1, 0.15) is 64.6 Å². The molecule has 7 nitrogen and oxygen atoms in total. The first-order chi connectivity index (χ1) is 10.9. The minimum absolute atomic E-state index is 0.0810. The normalized spacial score (nSPS) is 19.1.